The van der Waals surface area contributed by atoms with Gasteiger partial charge in [-0.15, -0.1) is 0 Å². The first-order valence-electron chi connectivity index (χ1n) is 7.13. The second-order valence-corrected chi connectivity index (χ2v) is 3.44. The van der Waals surface area contributed by atoms with Crippen molar-refractivity contribution in [2.75, 3.05) is 13.9 Å². The summed E-state index contributed by atoms with van der Waals surface area (Å²) in [7, 11) is 0. The van der Waals surface area contributed by atoms with Gasteiger partial charge in [-0.1, -0.05) is 74.5 Å². The van der Waals surface area contributed by atoms with Gasteiger partial charge in [0.1, 0.15) is 13.3 Å². The second-order valence-electron chi connectivity index (χ2n) is 3.44. The summed E-state index contributed by atoms with van der Waals surface area (Å²) in [5.74, 6) is 0. The summed E-state index contributed by atoms with van der Waals surface area (Å²) in [5, 5.41) is 0. The van der Waals surface area contributed by atoms with Crippen molar-refractivity contribution in [3.63, 3.8) is 0 Å². The third kappa shape index (κ3) is 22.3. The molecule has 0 saturated heterocycles. The topological polar surface area (TPSA) is 0 Å². The molecule has 2 rings (SSSR count). The maximum absolute atomic E-state index is 11.7. The van der Waals surface area contributed by atoms with Crippen LogP contribution >= 0.6 is 0 Å². The molecule has 6 heteroatoms. The highest BCUT2D eigenvalue weighted by Crippen LogP contribution is 1.99. The molecule has 0 aliphatic heterocycles. The van der Waals surface area contributed by atoms with Gasteiger partial charge in [0.15, 0.2) is 0 Å². The summed E-state index contributed by atoms with van der Waals surface area (Å²) in [6, 6.07) is 18.1. The number of hydrogen-bond acceptors (Lipinski definition) is 0. The fourth-order valence-electron chi connectivity index (χ4n) is 1.13. The molecule has 0 saturated carbocycles. The zero-order chi connectivity index (χ0) is 19.1. The van der Waals surface area contributed by atoms with Crippen molar-refractivity contribution in [3.05, 3.63) is 71.8 Å². The molecular weight excluding hydrogens is 330 g/mol. The maximum Gasteiger partial charge on any atom is 0.229 e. The van der Waals surface area contributed by atoms with Crippen LogP contribution in [-0.4, -0.2) is 13.9 Å². The Bertz CT molecular complexity index is 367. The Kier molecular flexibility index (Phi) is 29.1. The van der Waals surface area contributed by atoms with E-state index in [1.807, 2.05) is 50.2 Å². The van der Waals surface area contributed by atoms with Crippen molar-refractivity contribution in [2.45, 2.75) is 27.2 Å². The number of benzene rings is 2. The average molecular weight is 354 g/mol. The largest absolute Gasteiger partial charge is 0.246 e. The Hall–Kier alpha value is -1.98. The fraction of sp³-hybridized carbons (Fsp3) is 0.333. The van der Waals surface area contributed by atoms with E-state index < -0.39 is 13.9 Å². The molecule has 0 N–H and O–H groups in total. The Labute approximate surface area is 140 Å². The Morgan fingerprint density at radius 2 is 0.708 bits per heavy atom. The van der Waals surface area contributed by atoms with E-state index in [-0.39, 0.29) is 13.3 Å². The van der Waals surface area contributed by atoms with Gasteiger partial charge in [0, 0.05) is 0 Å². The first-order valence-corrected chi connectivity index (χ1v) is 7.13. The lowest BCUT2D eigenvalue weighted by molar-refractivity contribution is 0.295. The van der Waals surface area contributed by atoms with E-state index in [1.54, 1.807) is 24.3 Å². The molecule has 2 aromatic rings. The normalized spacial score (nSPS) is 7.83. The van der Waals surface area contributed by atoms with E-state index in [4.69, 9.17) is 0 Å². The minimum Gasteiger partial charge on any atom is -0.246 e. The second kappa shape index (κ2) is 25.9. The van der Waals surface area contributed by atoms with E-state index in [2.05, 4.69) is 0 Å². The van der Waals surface area contributed by atoms with Gasteiger partial charge in [0.25, 0.3) is 0 Å². The molecule has 0 unspecified atom stereocenters. The van der Waals surface area contributed by atoms with Gasteiger partial charge >= 0.3 is 0 Å². The molecule has 0 heterocycles. The number of hydrogen-bond donors (Lipinski definition) is 0. The summed E-state index contributed by atoms with van der Waals surface area (Å²) < 4.78 is 62.0. The quantitative estimate of drug-likeness (QED) is 0.504. The van der Waals surface area contributed by atoms with Gasteiger partial charge in [0.2, 0.25) is 13.9 Å². The van der Waals surface area contributed by atoms with Gasteiger partial charge < -0.3 is 0 Å². The molecule has 2 aromatic carbocycles. The van der Waals surface area contributed by atoms with E-state index in [0.717, 1.165) is 11.1 Å². The van der Waals surface area contributed by atoms with Crippen molar-refractivity contribution in [2.24, 2.45) is 0 Å². The van der Waals surface area contributed by atoms with Crippen LogP contribution in [0.4, 0.5) is 26.3 Å². The Morgan fingerprint density at radius 1 is 0.500 bits per heavy atom. The van der Waals surface area contributed by atoms with Crippen molar-refractivity contribution in [1.82, 2.24) is 0 Å². The molecule has 0 amide bonds. The molecule has 0 aliphatic carbocycles. The third-order valence-corrected chi connectivity index (χ3v) is 1.99. The van der Waals surface area contributed by atoms with Crippen LogP contribution in [0.3, 0.4) is 0 Å². The summed E-state index contributed by atoms with van der Waals surface area (Å²) in [5.41, 5.74) is 1.49. The Balaban J connectivity index is -0.000000260. The van der Waals surface area contributed by atoms with E-state index in [9.17, 15) is 26.3 Å². The highest BCUT2D eigenvalue weighted by Gasteiger charge is 1.83. The molecule has 0 fully saturated rings. The number of alkyl halides is 6. The lowest BCUT2D eigenvalue weighted by atomic mass is 10.2. The zero-order valence-electron chi connectivity index (χ0n) is 13.9. The predicted molar refractivity (Wildman–Crippen MR) is 88.0 cm³/mol. The van der Waals surface area contributed by atoms with Gasteiger partial charge in [0.05, 0.1) is 0 Å². The van der Waals surface area contributed by atoms with Crippen molar-refractivity contribution < 1.29 is 26.3 Å². The van der Waals surface area contributed by atoms with Crippen LogP contribution in [0.5, 0.6) is 0 Å². The number of rotatable bonds is 2. The maximum atomic E-state index is 11.7. The molecule has 24 heavy (non-hydrogen) atoms. The van der Waals surface area contributed by atoms with Gasteiger partial charge in [-0.05, 0) is 11.1 Å². The smallest absolute Gasteiger partial charge is 0.229 e. The van der Waals surface area contributed by atoms with Gasteiger partial charge in [-0.2, -0.15) is 0 Å². The average Bonchev–Trinajstić information content (AvgIpc) is 2.66. The van der Waals surface area contributed by atoms with E-state index in [1.165, 1.54) is 0 Å². The van der Waals surface area contributed by atoms with Crippen molar-refractivity contribution in [3.8, 4) is 0 Å². The summed E-state index contributed by atoms with van der Waals surface area (Å²) >= 11 is 0. The zero-order valence-corrected chi connectivity index (χ0v) is 13.9. The minimum atomic E-state index is -1.75. The lowest BCUT2D eigenvalue weighted by Crippen LogP contribution is -1.72. The Morgan fingerprint density at radius 3 is 0.833 bits per heavy atom. The van der Waals surface area contributed by atoms with Gasteiger partial charge in [-0.3, -0.25) is 0 Å². The molecule has 0 atom stereocenters. The summed E-state index contributed by atoms with van der Waals surface area (Å²) in [6.07, 6.45) is 0. The molecule has 0 aromatic heterocycles. The number of halogens is 6. The monoisotopic (exact) mass is 354 g/mol. The van der Waals surface area contributed by atoms with Crippen LogP contribution in [-0.2, 0) is 13.3 Å². The molecular formula is C18H24F6. The van der Waals surface area contributed by atoms with Crippen LogP contribution in [0.25, 0.3) is 0 Å². The molecule has 0 aliphatic rings. The first kappa shape index (κ1) is 26.9. The van der Waals surface area contributed by atoms with Crippen LogP contribution < -0.4 is 0 Å². The third-order valence-electron chi connectivity index (χ3n) is 1.99. The molecule has 0 nitrogen and oxygen atoms in total. The minimum absolute atomic E-state index is 0.360. The fourth-order valence-corrected chi connectivity index (χ4v) is 1.13. The van der Waals surface area contributed by atoms with Crippen molar-refractivity contribution >= 4 is 0 Å². The SMILES string of the molecule is CC.FCF.FCF.FCc1ccccc1.FCc1ccccc1. The highest BCUT2D eigenvalue weighted by atomic mass is 19.3. The van der Waals surface area contributed by atoms with E-state index >= 15 is 0 Å². The molecule has 0 bridgehead atoms. The predicted octanol–water partition coefficient (Wildman–Crippen LogP) is 7.10. The van der Waals surface area contributed by atoms with Crippen LogP contribution in [0, 0.1) is 0 Å². The first-order chi connectivity index (χ1) is 11.7. The summed E-state index contributed by atoms with van der Waals surface area (Å²) in [4.78, 5) is 0. The standard InChI is InChI=1S/2C7H7F.C2H6.2CH2F2/c2*8-6-7-4-2-1-3-5-7;1-2;2*2-1-3/h2*1-5H,6H2;1-2H3;2*1H2. The van der Waals surface area contributed by atoms with Crippen molar-refractivity contribution in [1.29, 1.82) is 0 Å². The van der Waals surface area contributed by atoms with Crippen LogP contribution in [0.15, 0.2) is 60.7 Å². The lowest BCUT2D eigenvalue weighted by Gasteiger charge is -1.87. The molecule has 0 radical (unpaired) electrons. The highest BCUT2D eigenvalue weighted by molar-refractivity contribution is 5.13. The van der Waals surface area contributed by atoms with Gasteiger partial charge in [-0.25, -0.2) is 26.3 Å². The van der Waals surface area contributed by atoms with E-state index in [0.29, 0.717) is 0 Å². The summed E-state index contributed by atoms with van der Waals surface area (Å²) in [6.45, 7) is -0.221. The molecule has 138 valence electrons. The molecule has 0 spiro atoms. The van der Waals surface area contributed by atoms with Crippen LogP contribution in [0.1, 0.15) is 25.0 Å². The van der Waals surface area contributed by atoms with Crippen LogP contribution in [0.2, 0.25) is 0 Å².